The van der Waals surface area contributed by atoms with Gasteiger partial charge in [0.15, 0.2) is 0 Å². The number of carbonyl (C=O) groups is 2. The van der Waals surface area contributed by atoms with Crippen molar-refractivity contribution in [3.05, 3.63) is 71.4 Å². The summed E-state index contributed by atoms with van der Waals surface area (Å²) in [7, 11) is 3.92. The molecule has 5 nitrogen and oxygen atoms in total. The molecule has 2 aromatic carbocycles. The van der Waals surface area contributed by atoms with Gasteiger partial charge in [-0.3, -0.25) is 4.79 Å². The van der Waals surface area contributed by atoms with Crippen LogP contribution in [-0.2, 0) is 9.53 Å². The molecule has 0 aliphatic rings. The second-order valence-electron chi connectivity index (χ2n) is 6.35. The molecular formula is C22H26N2O3. The number of rotatable bonds is 8. The second kappa shape index (κ2) is 10.2. The number of hydrogen-bond acceptors (Lipinski definition) is 4. The van der Waals surface area contributed by atoms with Crippen molar-refractivity contribution in [2.45, 2.75) is 19.8 Å². The quantitative estimate of drug-likeness (QED) is 0.438. The Balaban J connectivity index is 2.22. The van der Waals surface area contributed by atoms with Gasteiger partial charge in [0.2, 0.25) is 0 Å². The molecular weight excluding hydrogens is 340 g/mol. The number of nitrogens with zero attached hydrogens (tertiary/aromatic N) is 1. The number of hydrogen-bond donors (Lipinski definition) is 1. The summed E-state index contributed by atoms with van der Waals surface area (Å²) in [6, 6.07) is 16.5. The molecule has 2 rings (SSSR count). The van der Waals surface area contributed by atoms with E-state index in [0.29, 0.717) is 12.2 Å². The van der Waals surface area contributed by atoms with E-state index in [0.717, 1.165) is 24.1 Å². The Kier molecular flexibility index (Phi) is 7.62. The SMILES string of the molecule is CCCCOC(=O)/C(=C\c1ccc(N(C)C)cc1)NC(=O)c1ccccc1. The zero-order chi connectivity index (χ0) is 19.6. The van der Waals surface area contributed by atoms with E-state index in [1.54, 1.807) is 30.3 Å². The monoisotopic (exact) mass is 366 g/mol. The van der Waals surface area contributed by atoms with Crippen molar-refractivity contribution in [1.29, 1.82) is 0 Å². The molecule has 0 aliphatic heterocycles. The summed E-state index contributed by atoms with van der Waals surface area (Å²) in [4.78, 5) is 26.9. The van der Waals surface area contributed by atoms with E-state index in [-0.39, 0.29) is 11.6 Å². The lowest BCUT2D eigenvalue weighted by Gasteiger charge is -2.13. The molecule has 0 saturated carbocycles. The number of carbonyl (C=O) groups excluding carboxylic acids is 2. The van der Waals surface area contributed by atoms with Crippen LogP contribution in [0.15, 0.2) is 60.3 Å². The van der Waals surface area contributed by atoms with Crippen LogP contribution in [0.25, 0.3) is 6.08 Å². The molecule has 0 spiro atoms. The number of anilines is 1. The van der Waals surface area contributed by atoms with Gasteiger partial charge in [0.1, 0.15) is 5.70 Å². The highest BCUT2D eigenvalue weighted by atomic mass is 16.5. The Hall–Kier alpha value is -3.08. The third-order valence-electron chi connectivity index (χ3n) is 3.96. The van der Waals surface area contributed by atoms with Crippen LogP contribution in [0.5, 0.6) is 0 Å². The van der Waals surface area contributed by atoms with Crippen molar-refractivity contribution in [3.63, 3.8) is 0 Å². The summed E-state index contributed by atoms with van der Waals surface area (Å²) >= 11 is 0. The Bertz CT molecular complexity index is 781. The van der Waals surface area contributed by atoms with Crippen LogP contribution in [0, 0.1) is 0 Å². The van der Waals surface area contributed by atoms with Crippen LogP contribution in [0.2, 0.25) is 0 Å². The average molecular weight is 366 g/mol. The van der Waals surface area contributed by atoms with Crippen molar-refractivity contribution in [2.75, 3.05) is 25.6 Å². The predicted molar refractivity (Wildman–Crippen MR) is 109 cm³/mol. The number of esters is 1. The van der Waals surface area contributed by atoms with E-state index in [2.05, 4.69) is 5.32 Å². The van der Waals surface area contributed by atoms with Crippen molar-refractivity contribution >= 4 is 23.6 Å². The lowest BCUT2D eigenvalue weighted by Crippen LogP contribution is -2.28. The van der Waals surface area contributed by atoms with Gasteiger partial charge in [-0.05, 0) is 42.3 Å². The zero-order valence-electron chi connectivity index (χ0n) is 16.1. The minimum absolute atomic E-state index is 0.123. The zero-order valence-corrected chi connectivity index (χ0v) is 16.1. The smallest absolute Gasteiger partial charge is 0.354 e. The number of ether oxygens (including phenoxy) is 1. The van der Waals surface area contributed by atoms with E-state index in [1.165, 1.54) is 0 Å². The van der Waals surface area contributed by atoms with Gasteiger partial charge in [-0.1, -0.05) is 43.7 Å². The molecule has 1 amide bonds. The minimum Gasteiger partial charge on any atom is -0.461 e. The van der Waals surface area contributed by atoms with Crippen LogP contribution in [0.1, 0.15) is 35.7 Å². The maximum atomic E-state index is 12.5. The third kappa shape index (κ3) is 6.29. The summed E-state index contributed by atoms with van der Waals surface area (Å²) in [5, 5.41) is 2.68. The fourth-order valence-electron chi connectivity index (χ4n) is 2.35. The van der Waals surface area contributed by atoms with Crippen LogP contribution in [-0.4, -0.2) is 32.6 Å². The molecule has 0 fully saturated rings. The summed E-state index contributed by atoms with van der Waals surface area (Å²) in [5.74, 6) is -0.886. The van der Waals surface area contributed by atoms with Gasteiger partial charge in [-0.25, -0.2) is 4.79 Å². The maximum absolute atomic E-state index is 12.5. The highest BCUT2D eigenvalue weighted by Crippen LogP contribution is 2.15. The lowest BCUT2D eigenvalue weighted by atomic mass is 10.1. The standard InChI is InChI=1S/C22H26N2O3/c1-4-5-15-27-22(26)20(23-21(25)18-9-7-6-8-10-18)16-17-11-13-19(14-12-17)24(2)3/h6-14,16H,4-5,15H2,1-3H3,(H,23,25)/b20-16+. The average Bonchev–Trinajstić information content (AvgIpc) is 2.68. The summed E-state index contributed by atoms with van der Waals surface area (Å²) in [6.07, 6.45) is 3.34. The summed E-state index contributed by atoms with van der Waals surface area (Å²) < 4.78 is 5.29. The molecule has 0 heterocycles. The van der Waals surface area contributed by atoms with Crippen LogP contribution in [0.4, 0.5) is 5.69 Å². The predicted octanol–water partition coefficient (Wildman–Crippen LogP) is 3.87. The van der Waals surface area contributed by atoms with Gasteiger partial charge < -0.3 is 15.0 Å². The van der Waals surface area contributed by atoms with Gasteiger partial charge in [-0.2, -0.15) is 0 Å². The minimum atomic E-state index is -0.538. The normalized spacial score (nSPS) is 11.0. The lowest BCUT2D eigenvalue weighted by molar-refractivity contribution is -0.139. The summed E-state index contributed by atoms with van der Waals surface area (Å²) in [5.41, 5.74) is 2.45. The molecule has 0 aliphatic carbocycles. The Morgan fingerprint density at radius 1 is 1.04 bits per heavy atom. The molecule has 0 radical (unpaired) electrons. The Morgan fingerprint density at radius 2 is 1.70 bits per heavy atom. The first-order valence-electron chi connectivity index (χ1n) is 9.04. The topological polar surface area (TPSA) is 58.6 Å². The second-order valence-corrected chi connectivity index (χ2v) is 6.35. The van der Waals surface area contributed by atoms with Crippen LogP contribution >= 0.6 is 0 Å². The van der Waals surface area contributed by atoms with Crippen molar-refractivity contribution in [3.8, 4) is 0 Å². The fraction of sp³-hybridized carbons (Fsp3) is 0.273. The highest BCUT2D eigenvalue weighted by Gasteiger charge is 2.16. The number of nitrogens with one attached hydrogen (secondary N) is 1. The van der Waals surface area contributed by atoms with Gasteiger partial charge in [0.05, 0.1) is 6.61 Å². The molecule has 2 aromatic rings. The van der Waals surface area contributed by atoms with E-state index in [4.69, 9.17) is 4.74 Å². The molecule has 0 aromatic heterocycles. The van der Waals surface area contributed by atoms with Gasteiger partial charge in [0.25, 0.3) is 5.91 Å². The number of unbranched alkanes of at least 4 members (excludes halogenated alkanes) is 1. The Labute approximate surface area is 160 Å². The van der Waals surface area contributed by atoms with E-state index < -0.39 is 5.97 Å². The van der Waals surface area contributed by atoms with E-state index in [9.17, 15) is 9.59 Å². The van der Waals surface area contributed by atoms with Crippen LogP contribution < -0.4 is 10.2 Å². The van der Waals surface area contributed by atoms with Gasteiger partial charge in [-0.15, -0.1) is 0 Å². The number of amides is 1. The molecule has 27 heavy (non-hydrogen) atoms. The fourth-order valence-corrected chi connectivity index (χ4v) is 2.35. The van der Waals surface area contributed by atoms with Gasteiger partial charge in [0, 0.05) is 25.3 Å². The van der Waals surface area contributed by atoms with Crippen molar-refractivity contribution < 1.29 is 14.3 Å². The Morgan fingerprint density at radius 3 is 2.30 bits per heavy atom. The first-order valence-corrected chi connectivity index (χ1v) is 9.04. The van der Waals surface area contributed by atoms with Crippen molar-refractivity contribution in [1.82, 2.24) is 5.32 Å². The highest BCUT2D eigenvalue weighted by molar-refractivity contribution is 6.03. The molecule has 1 N–H and O–H groups in total. The van der Waals surface area contributed by atoms with E-state index >= 15 is 0 Å². The van der Waals surface area contributed by atoms with Crippen molar-refractivity contribution in [2.24, 2.45) is 0 Å². The third-order valence-corrected chi connectivity index (χ3v) is 3.96. The first kappa shape index (κ1) is 20.2. The number of benzene rings is 2. The molecule has 0 atom stereocenters. The van der Waals surface area contributed by atoms with E-state index in [1.807, 2.05) is 56.3 Å². The largest absolute Gasteiger partial charge is 0.461 e. The van der Waals surface area contributed by atoms with Crippen LogP contribution in [0.3, 0.4) is 0 Å². The molecule has 142 valence electrons. The maximum Gasteiger partial charge on any atom is 0.354 e. The molecule has 0 saturated heterocycles. The first-order chi connectivity index (χ1) is 13.0. The molecule has 0 bridgehead atoms. The van der Waals surface area contributed by atoms with Gasteiger partial charge >= 0.3 is 5.97 Å². The molecule has 0 unspecified atom stereocenters. The summed E-state index contributed by atoms with van der Waals surface area (Å²) in [6.45, 7) is 2.35. The molecule has 5 heteroatoms.